The van der Waals surface area contributed by atoms with E-state index in [1.807, 2.05) is 4.90 Å². The zero-order valence-corrected chi connectivity index (χ0v) is 16.7. The van der Waals surface area contributed by atoms with Gasteiger partial charge >= 0.3 is 6.18 Å². The molecule has 7 nitrogen and oxygen atoms in total. The number of nitro benzene ring substituents is 1. The quantitative estimate of drug-likeness (QED) is 0.540. The van der Waals surface area contributed by atoms with E-state index in [-0.39, 0.29) is 43.0 Å². The van der Waals surface area contributed by atoms with Crippen LogP contribution in [-0.4, -0.2) is 48.3 Å². The maximum Gasteiger partial charge on any atom is 0.391 e. The van der Waals surface area contributed by atoms with Crippen molar-refractivity contribution in [2.45, 2.75) is 37.9 Å². The molecule has 0 aromatic heterocycles. The van der Waals surface area contributed by atoms with E-state index < -0.39 is 22.9 Å². The number of carbonyl (C=O) groups is 1. The van der Waals surface area contributed by atoms with Crippen molar-refractivity contribution >= 4 is 34.7 Å². The zero-order valence-electron chi connectivity index (χ0n) is 15.9. The van der Waals surface area contributed by atoms with Gasteiger partial charge in [-0.25, -0.2) is 0 Å². The minimum atomic E-state index is -4.21. The molecule has 1 aromatic rings. The number of rotatable bonds is 5. The first-order valence-corrected chi connectivity index (χ1v) is 10.6. The van der Waals surface area contributed by atoms with Crippen molar-refractivity contribution < 1.29 is 22.9 Å². The van der Waals surface area contributed by atoms with E-state index in [1.165, 1.54) is 6.07 Å². The largest absolute Gasteiger partial charge is 0.391 e. The molecular formula is C18H23F3N4O3S. The van der Waals surface area contributed by atoms with E-state index in [4.69, 9.17) is 0 Å². The topological polar surface area (TPSA) is 87.5 Å². The SMILES string of the molecule is CNc1cc(N2CCSC2)c(C(=O)NC2CCC(C(F)(F)F)CC2)cc1[N+](=O)[O-]. The van der Waals surface area contributed by atoms with Gasteiger partial charge < -0.3 is 15.5 Å². The van der Waals surface area contributed by atoms with Gasteiger partial charge in [-0.3, -0.25) is 14.9 Å². The molecule has 1 amide bonds. The van der Waals surface area contributed by atoms with E-state index in [1.54, 1.807) is 24.9 Å². The maximum atomic E-state index is 12.9. The lowest BCUT2D eigenvalue weighted by atomic mass is 9.85. The smallest absolute Gasteiger partial charge is 0.383 e. The highest BCUT2D eigenvalue weighted by molar-refractivity contribution is 7.99. The number of carbonyl (C=O) groups excluding carboxylic acids is 1. The first kappa shape index (κ1) is 21.5. The Balaban J connectivity index is 1.81. The summed E-state index contributed by atoms with van der Waals surface area (Å²) in [4.78, 5) is 25.8. The number of thioether (sulfide) groups is 1. The predicted octanol–water partition coefficient (Wildman–Crippen LogP) is 4.00. The van der Waals surface area contributed by atoms with Crippen molar-refractivity contribution in [2.75, 3.05) is 35.4 Å². The van der Waals surface area contributed by atoms with Crippen molar-refractivity contribution in [3.05, 3.63) is 27.8 Å². The van der Waals surface area contributed by atoms with Crippen molar-refractivity contribution in [1.82, 2.24) is 5.32 Å². The van der Waals surface area contributed by atoms with E-state index in [0.29, 0.717) is 23.8 Å². The molecule has 0 radical (unpaired) electrons. The summed E-state index contributed by atoms with van der Waals surface area (Å²) in [7, 11) is 1.57. The minimum Gasteiger partial charge on any atom is -0.383 e. The molecule has 1 aromatic carbocycles. The number of benzene rings is 1. The van der Waals surface area contributed by atoms with Crippen LogP contribution in [0.15, 0.2) is 12.1 Å². The van der Waals surface area contributed by atoms with Gasteiger partial charge in [0.1, 0.15) is 5.69 Å². The number of amides is 1. The van der Waals surface area contributed by atoms with Crippen LogP contribution in [0.5, 0.6) is 0 Å². The number of alkyl halides is 3. The Morgan fingerprint density at radius 1 is 1.28 bits per heavy atom. The van der Waals surface area contributed by atoms with Crippen LogP contribution < -0.4 is 15.5 Å². The van der Waals surface area contributed by atoms with Crippen molar-refractivity contribution in [2.24, 2.45) is 5.92 Å². The molecule has 160 valence electrons. The summed E-state index contributed by atoms with van der Waals surface area (Å²) >= 11 is 1.69. The molecule has 2 fully saturated rings. The monoisotopic (exact) mass is 432 g/mol. The molecule has 1 aliphatic carbocycles. The van der Waals surface area contributed by atoms with Gasteiger partial charge in [0, 0.05) is 31.5 Å². The number of hydrogen-bond acceptors (Lipinski definition) is 6. The van der Waals surface area contributed by atoms with Gasteiger partial charge in [0.25, 0.3) is 11.6 Å². The van der Waals surface area contributed by atoms with E-state index in [0.717, 1.165) is 5.75 Å². The first-order valence-electron chi connectivity index (χ1n) is 9.41. The molecule has 11 heteroatoms. The molecule has 1 saturated carbocycles. The van der Waals surface area contributed by atoms with Crippen LogP contribution in [0, 0.1) is 16.0 Å². The normalized spacial score (nSPS) is 22.4. The molecule has 3 rings (SSSR count). The van der Waals surface area contributed by atoms with Crippen LogP contribution in [-0.2, 0) is 0 Å². The van der Waals surface area contributed by atoms with Gasteiger partial charge in [0.05, 0.1) is 28.0 Å². The molecular weight excluding hydrogens is 409 g/mol. The third-order valence-electron chi connectivity index (χ3n) is 5.44. The second kappa shape index (κ2) is 8.68. The summed E-state index contributed by atoms with van der Waals surface area (Å²) in [5.74, 6) is -0.270. The molecule has 0 unspecified atom stereocenters. The summed E-state index contributed by atoms with van der Waals surface area (Å²) in [5.41, 5.74) is 0.862. The number of nitrogens with zero attached hydrogens (tertiary/aromatic N) is 2. The van der Waals surface area contributed by atoms with Crippen molar-refractivity contribution in [3.63, 3.8) is 0 Å². The first-order chi connectivity index (χ1) is 13.7. The predicted molar refractivity (Wildman–Crippen MR) is 107 cm³/mol. The Morgan fingerprint density at radius 2 is 1.97 bits per heavy atom. The maximum absolute atomic E-state index is 12.9. The Kier molecular flexibility index (Phi) is 6.45. The van der Waals surface area contributed by atoms with E-state index >= 15 is 0 Å². The third-order valence-corrected chi connectivity index (χ3v) is 6.41. The van der Waals surface area contributed by atoms with Crippen LogP contribution in [0.3, 0.4) is 0 Å². The average Bonchev–Trinajstić information content (AvgIpc) is 3.21. The van der Waals surface area contributed by atoms with Crippen molar-refractivity contribution in [1.29, 1.82) is 0 Å². The standard InChI is InChI=1S/C18H23F3N4O3S/c1-22-14-9-15(24-6-7-29-10-24)13(8-16(14)25(27)28)17(26)23-12-4-2-11(3-5-12)18(19,20)21/h8-9,11-12,22H,2-7,10H2,1H3,(H,23,26). The molecule has 29 heavy (non-hydrogen) atoms. The van der Waals surface area contributed by atoms with E-state index in [9.17, 15) is 28.1 Å². The average molecular weight is 432 g/mol. The minimum absolute atomic E-state index is 0.0249. The van der Waals surface area contributed by atoms with Crippen LogP contribution in [0.2, 0.25) is 0 Å². The number of halogens is 3. The fourth-order valence-corrected chi connectivity index (χ4v) is 4.77. The highest BCUT2D eigenvalue weighted by Gasteiger charge is 2.41. The van der Waals surface area contributed by atoms with E-state index in [2.05, 4.69) is 10.6 Å². The van der Waals surface area contributed by atoms with Crippen molar-refractivity contribution in [3.8, 4) is 0 Å². The molecule has 1 saturated heterocycles. The number of nitro groups is 1. The molecule has 0 spiro atoms. The molecule has 2 aliphatic rings. The van der Waals surface area contributed by atoms with Gasteiger partial charge in [-0.15, -0.1) is 11.8 Å². The Hall–Kier alpha value is -2.17. The summed E-state index contributed by atoms with van der Waals surface area (Å²) < 4.78 is 38.5. The zero-order chi connectivity index (χ0) is 21.2. The van der Waals surface area contributed by atoms with Gasteiger partial charge in [0.2, 0.25) is 0 Å². The summed E-state index contributed by atoms with van der Waals surface area (Å²) in [5, 5.41) is 17.0. The lowest BCUT2D eigenvalue weighted by Crippen LogP contribution is -2.40. The van der Waals surface area contributed by atoms with Gasteiger partial charge in [-0.1, -0.05) is 0 Å². The van der Waals surface area contributed by atoms with Gasteiger partial charge in [-0.2, -0.15) is 13.2 Å². The summed E-state index contributed by atoms with van der Waals surface area (Å²) in [6, 6.07) is 2.48. The molecule has 0 atom stereocenters. The molecule has 0 bridgehead atoms. The van der Waals surface area contributed by atoms with Gasteiger partial charge in [-0.05, 0) is 31.7 Å². The fourth-order valence-electron chi connectivity index (χ4n) is 3.80. The number of anilines is 2. The summed E-state index contributed by atoms with van der Waals surface area (Å²) in [6.07, 6.45) is -3.78. The second-order valence-electron chi connectivity index (χ2n) is 7.26. The molecule has 1 heterocycles. The van der Waals surface area contributed by atoms with Gasteiger partial charge in [0.15, 0.2) is 0 Å². The van der Waals surface area contributed by atoms with Crippen LogP contribution in [0.4, 0.5) is 30.2 Å². The fraction of sp³-hybridized carbons (Fsp3) is 0.611. The third kappa shape index (κ3) is 4.88. The Labute approximate surface area is 170 Å². The highest BCUT2D eigenvalue weighted by atomic mass is 32.2. The number of nitrogens with one attached hydrogen (secondary N) is 2. The number of hydrogen-bond donors (Lipinski definition) is 2. The Bertz CT molecular complexity index is 776. The van der Waals surface area contributed by atoms with Crippen LogP contribution >= 0.6 is 11.8 Å². The Morgan fingerprint density at radius 3 is 2.48 bits per heavy atom. The van der Waals surface area contributed by atoms with Crippen LogP contribution in [0.25, 0.3) is 0 Å². The summed E-state index contributed by atoms with van der Waals surface area (Å²) in [6.45, 7) is 0.711. The lowest BCUT2D eigenvalue weighted by molar-refractivity contribution is -0.383. The second-order valence-corrected chi connectivity index (χ2v) is 8.33. The lowest BCUT2D eigenvalue weighted by Gasteiger charge is -2.30. The molecule has 2 N–H and O–H groups in total. The molecule has 1 aliphatic heterocycles. The van der Waals surface area contributed by atoms with Crippen LogP contribution in [0.1, 0.15) is 36.0 Å². The highest BCUT2D eigenvalue weighted by Crippen LogP contribution is 2.38.